The van der Waals surface area contributed by atoms with Crippen LogP contribution in [0.2, 0.25) is 0 Å². The number of hydrogen-bond donors (Lipinski definition) is 1. The number of hydrogen-bond acceptors (Lipinski definition) is 6. The second-order valence-corrected chi connectivity index (χ2v) is 12.0. The lowest BCUT2D eigenvalue weighted by Gasteiger charge is -2.29. The number of likely N-dealkylation sites (tertiary alicyclic amines) is 1. The Labute approximate surface area is 212 Å². The van der Waals surface area contributed by atoms with Crippen molar-refractivity contribution in [2.24, 2.45) is 13.0 Å². The summed E-state index contributed by atoms with van der Waals surface area (Å²) >= 11 is 0. The minimum absolute atomic E-state index is 0.109. The smallest absolute Gasteiger partial charge is 0.228 e. The highest BCUT2D eigenvalue weighted by atomic mass is 32.2. The van der Waals surface area contributed by atoms with E-state index in [1.165, 1.54) is 35.5 Å². The summed E-state index contributed by atoms with van der Waals surface area (Å²) in [4.78, 5) is 19.8. The van der Waals surface area contributed by atoms with E-state index in [1.54, 1.807) is 6.20 Å². The van der Waals surface area contributed by atoms with Crippen molar-refractivity contribution in [3.8, 4) is 11.1 Å². The van der Waals surface area contributed by atoms with Gasteiger partial charge in [0.05, 0.1) is 18.1 Å². The zero-order chi connectivity index (χ0) is 25.3. The minimum Gasteiger partial charge on any atom is -0.310 e. The van der Waals surface area contributed by atoms with E-state index in [-0.39, 0.29) is 11.8 Å². The Balaban J connectivity index is 1.32. The molecule has 0 bridgehead atoms. The summed E-state index contributed by atoms with van der Waals surface area (Å²) in [6.07, 6.45) is 9.76. The fourth-order valence-electron chi connectivity index (χ4n) is 5.28. The quantitative estimate of drug-likeness (QED) is 0.547. The first-order valence-corrected chi connectivity index (χ1v) is 14.5. The zero-order valence-corrected chi connectivity index (χ0v) is 21.8. The van der Waals surface area contributed by atoms with Crippen molar-refractivity contribution in [1.29, 1.82) is 0 Å². The highest BCUT2D eigenvalue weighted by molar-refractivity contribution is 7.88. The Bertz CT molecular complexity index is 1360. The molecule has 10 heteroatoms. The van der Waals surface area contributed by atoms with E-state index in [1.807, 2.05) is 24.0 Å². The molecule has 0 atom stereocenters. The van der Waals surface area contributed by atoms with Gasteiger partial charge in [-0.15, -0.1) is 0 Å². The number of carbonyl (C=O) groups excluding carboxylic acids is 1. The summed E-state index contributed by atoms with van der Waals surface area (Å²) in [6, 6.07) is 8.20. The van der Waals surface area contributed by atoms with E-state index in [4.69, 9.17) is 0 Å². The maximum atomic E-state index is 12.9. The van der Waals surface area contributed by atoms with Crippen LogP contribution < -0.4 is 5.32 Å². The Hall–Kier alpha value is -2.82. The van der Waals surface area contributed by atoms with Crippen molar-refractivity contribution in [3.05, 3.63) is 42.4 Å². The van der Waals surface area contributed by atoms with Gasteiger partial charge in [0.1, 0.15) is 5.82 Å². The predicted molar refractivity (Wildman–Crippen MR) is 141 cm³/mol. The van der Waals surface area contributed by atoms with Crippen molar-refractivity contribution >= 4 is 32.5 Å². The number of fused-ring (bicyclic) bond motifs is 1. The van der Waals surface area contributed by atoms with Crippen LogP contribution in [-0.4, -0.2) is 70.7 Å². The molecule has 1 aromatic carbocycles. The summed E-state index contributed by atoms with van der Waals surface area (Å²) < 4.78 is 26.9. The molecule has 2 aliphatic rings. The third-order valence-electron chi connectivity index (χ3n) is 7.46. The van der Waals surface area contributed by atoms with E-state index >= 15 is 0 Å². The SMILES string of the molecule is Cn1ncc(-c2ccc3cnc(NC(=O)C4CCN(S(C)(=O)=O)CC4)cc3c2)c1CN1CCCCC1. The van der Waals surface area contributed by atoms with E-state index in [9.17, 15) is 13.2 Å². The fourth-order valence-corrected chi connectivity index (χ4v) is 6.15. The van der Waals surface area contributed by atoms with Gasteiger partial charge in [0.2, 0.25) is 15.9 Å². The molecule has 2 aliphatic heterocycles. The second kappa shape index (κ2) is 10.3. The summed E-state index contributed by atoms with van der Waals surface area (Å²) in [7, 11) is -1.21. The number of pyridine rings is 1. The Morgan fingerprint density at radius 1 is 1.03 bits per heavy atom. The molecule has 0 unspecified atom stereocenters. The first-order chi connectivity index (χ1) is 17.3. The Morgan fingerprint density at radius 3 is 2.50 bits per heavy atom. The maximum Gasteiger partial charge on any atom is 0.228 e. The summed E-state index contributed by atoms with van der Waals surface area (Å²) in [5.74, 6) is 0.178. The van der Waals surface area contributed by atoms with Crippen LogP contribution in [0.5, 0.6) is 0 Å². The number of anilines is 1. The van der Waals surface area contributed by atoms with Gasteiger partial charge in [-0.2, -0.15) is 5.10 Å². The molecule has 1 amide bonds. The van der Waals surface area contributed by atoms with Crippen LogP contribution in [0, 0.1) is 5.92 Å². The molecular formula is C26H34N6O3S. The van der Waals surface area contributed by atoms with Gasteiger partial charge in [0.25, 0.3) is 0 Å². The van der Waals surface area contributed by atoms with Gasteiger partial charge < -0.3 is 5.32 Å². The summed E-state index contributed by atoms with van der Waals surface area (Å²) in [6.45, 7) is 3.89. The van der Waals surface area contributed by atoms with Gasteiger partial charge in [-0.1, -0.05) is 18.6 Å². The first kappa shape index (κ1) is 24.9. The number of nitrogens with one attached hydrogen (secondary N) is 1. The van der Waals surface area contributed by atoms with Crippen molar-refractivity contribution in [2.45, 2.75) is 38.6 Å². The molecule has 0 spiro atoms. The normalized spacial score (nSPS) is 18.5. The predicted octanol–water partition coefficient (Wildman–Crippen LogP) is 3.23. The lowest BCUT2D eigenvalue weighted by Crippen LogP contribution is -2.40. The zero-order valence-electron chi connectivity index (χ0n) is 21.0. The number of sulfonamides is 1. The average Bonchev–Trinajstić information content (AvgIpc) is 3.23. The van der Waals surface area contributed by atoms with Crippen LogP contribution in [0.25, 0.3) is 21.9 Å². The first-order valence-electron chi connectivity index (χ1n) is 12.7. The van der Waals surface area contributed by atoms with Gasteiger partial charge in [-0.05, 0) is 61.9 Å². The van der Waals surface area contributed by atoms with Crippen LogP contribution >= 0.6 is 0 Å². The van der Waals surface area contributed by atoms with Gasteiger partial charge >= 0.3 is 0 Å². The molecule has 192 valence electrons. The van der Waals surface area contributed by atoms with Crippen molar-refractivity contribution in [1.82, 2.24) is 24.0 Å². The molecule has 1 N–H and O–H groups in total. The molecule has 2 fully saturated rings. The van der Waals surface area contributed by atoms with Gasteiger partial charge in [-0.25, -0.2) is 17.7 Å². The fraction of sp³-hybridized carbons (Fsp3) is 0.500. The number of amides is 1. The maximum absolute atomic E-state index is 12.9. The second-order valence-electron chi connectivity index (χ2n) is 10.0. The number of rotatable bonds is 6. The number of piperidine rings is 2. The Morgan fingerprint density at radius 2 is 1.78 bits per heavy atom. The molecule has 0 aliphatic carbocycles. The van der Waals surface area contributed by atoms with Crippen LogP contribution in [0.15, 0.2) is 36.7 Å². The lowest BCUT2D eigenvalue weighted by atomic mass is 9.97. The molecular weight excluding hydrogens is 476 g/mol. The summed E-state index contributed by atoms with van der Waals surface area (Å²) in [5, 5.41) is 9.49. The number of benzene rings is 1. The van der Waals surface area contributed by atoms with Gasteiger partial charge in [-0.3, -0.25) is 14.4 Å². The summed E-state index contributed by atoms with van der Waals surface area (Å²) in [5.41, 5.74) is 3.43. The number of nitrogens with zero attached hydrogens (tertiary/aromatic N) is 5. The topological polar surface area (TPSA) is 100 Å². The largest absolute Gasteiger partial charge is 0.310 e. The van der Waals surface area contributed by atoms with E-state index in [0.717, 1.165) is 41.5 Å². The molecule has 2 saturated heterocycles. The lowest BCUT2D eigenvalue weighted by molar-refractivity contribution is -0.120. The molecule has 36 heavy (non-hydrogen) atoms. The van der Waals surface area contributed by atoms with Gasteiger partial charge in [0, 0.05) is 49.7 Å². The third-order valence-corrected chi connectivity index (χ3v) is 8.76. The third kappa shape index (κ3) is 5.45. The Kier molecular flexibility index (Phi) is 7.09. The average molecular weight is 511 g/mol. The van der Waals surface area contributed by atoms with Crippen LogP contribution in [0.4, 0.5) is 5.82 Å². The highest BCUT2D eigenvalue weighted by Crippen LogP contribution is 2.29. The van der Waals surface area contributed by atoms with Crippen LogP contribution in [0.3, 0.4) is 0 Å². The van der Waals surface area contributed by atoms with E-state index in [0.29, 0.717) is 31.7 Å². The monoisotopic (exact) mass is 510 g/mol. The molecule has 0 radical (unpaired) electrons. The van der Waals surface area contributed by atoms with Crippen LogP contribution in [0.1, 0.15) is 37.8 Å². The van der Waals surface area contributed by atoms with Crippen molar-refractivity contribution in [3.63, 3.8) is 0 Å². The highest BCUT2D eigenvalue weighted by Gasteiger charge is 2.29. The minimum atomic E-state index is -3.21. The molecule has 2 aromatic heterocycles. The van der Waals surface area contributed by atoms with E-state index < -0.39 is 10.0 Å². The standard InChI is InChI=1S/C26H34N6O3S/c1-30-24(18-31-10-4-3-5-11-31)23(17-28-30)20-6-7-21-16-27-25(15-22(21)14-20)29-26(33)19-8-12-32(13-9-19)36(2,34)35/h6-7,14-17,19H,3-5,8-13,18H2,1-2H3,(H,27,29,33). The molecule has 9 nitrogen and oxygen atoms in total. The number of aromatic nitrogens is 3. The number of aryl methyl sites for hydroxylation is 1. The van der Waals surface area contributed by atoms with Gasteiger partial charge in [0.15, 0.2) is 0 Å². The van der Waals surface area contributed by atoms with E-state index in [2.05, 4.69) is 38.5 Å². The number of carbonyl (C=O) groups is 1. The molecule has 5 rings (SSSR count). The molecule has 3 aromatic rings. The van der Waals surface area contributed by atoms with Crippen molar-refractivity contribution in [2.75, 3.05) is 37.8 Å². The molecule has 0 saturated carbocycles. The molecule has 4 heterocycles. The van der Waals surface area contributed by atoms with Crippen molar-refractivity contribution < 1.29 is 13.2 Å². The van der Waals surface area contributed by atoms with Crippen LogP contribution in [-0.2, 0) is 28.4 Å².